The van der Waals surface area contributed by atoms with Crippen molar-refractivity contribution in [2.24, 2.45) is 0 Å². The summed E-state index contributed by atoms with van der Waals surface area (Å²) in [5, 5.41) is 18.9. The highest BCUT2D eigenvalue weighted by Gasteiger charge is 2.32. The van der Waals surface area contributed by atoms with Gasteiger partial charge in [0.2, 0.25) is 0 Å². The lowest BCUT2D eigenvalue weighted by Gasteiger charge is -2.30. The molecule has 4 unspecified atom stereocenters. The summed E-state index contributed by atoms with van der Waals surface area (Å²) in [7, 11) is -9.79. The number of ether oxygens (including phenoxy) is 1. The first kappa shape index (κ1) is 60.2. The number of rotatable bonds is 45. The molecule has 0 aliphatic heterocycles. The third-order valence-electron chi connectivity index (χ3n) is 11.6. The van der Waals surface area contributed by atoms with E-state index in [0.29, 0.717) is 6.61 Å². The van der Waals surface area contributed by atoms with Gasteiger partial charge in [-0.25, -0.2) is 0 Å². The van der Waals surface area contributed by atoms with Gasteiger partial charge in [-0.1, -0.05) is 103 Å². The predicted molar refractivity (Wildman–Crippen MR) is 272 cm³/mol. The fourth-order valence-corrected chi connectivity index (χ4v) is 24.8. The molecule has 0 spiro atoms. The van der Waals surface area contributed by atoms with Gasteiger partial charge >= 0.3 is 8.56 Å². The molecule has 0 radical (unpaired) electrons. The standard InChI is InChI=1S/C43H102O9Si7/c1-12-13-14-15-16-17-18-19-20-24-37-59(11,52-54-3)38-27-23-33-49-57(9,39-28-30-46-42-43(45)41-44)36-26-22-32-50-58(10,40-29-34-47-55(4,5)6)35-25-21-31-48-56(7,8)51-53-2/h43-45H,12-42,53-54H2,1-11H3. The fraction of sp³-hybridized carbons (Fsp3) is 1.00. The Balaban J connectivity index is 5.06. The molecular weight excluding hydrogens is 857 g/mol. The zero-order valence-corrected chi connectivity index (χ0v) is 49.0. The average Bonchev–Trinajstić information content (AvgIpc) is 3.16. The van der Waals surface area contributed by atoms with Gasteiger partial charge in [-0.3, -0.25) is 0 Å². The van der Waals surface area contributed by atoms with Gasteiger partial charge in [0, 0.05) is 33.0 Å². The molecular formula is C43H102O9Si7. The maximum absolute atomic E-state index is 9.72. The van der Waals surface area contributed by atoms with E-state index in [9.17, 15) is 5.11 Å². The van der Waals surface area contributed by atoms with Crippen LogP contribution in [0.3, 0.4) is 0 Å². The lowest BCUT2D eigenvalue weighted by molar-refractivity contribution is 0.00631. The Bertz CT molecular complexity index is 956. The molecule has 0 aliphatic carbocycles. The second-order valence-corrected chi connectivity index (χ2v) is 42.9. The van der Waals surface area contributed by atoms with Crippen LogP contribution >= 0.6 is 0 Å². The third-order valence-corrected chi connectivity index (χ3v) is 31.7. The Labute approximate surface area is 376 Å². The normalized spacial score (nSPS) is 16.6. The van der Waals surface area contributed by atoms with E-state index in [1.807, 2.05) is 0 Å². The highest BCUT2D eigenvalue weighted by molar-refractivity contribution is 6.76. The lowest BCUT2D eigenvalue weighted by Crippen LogP contribution is -2.37. The minimum atomic E-state index is -1.96. The summed E-state index contributed by atoms with van der Waals surface area (Å²) in [4.78, 5) is 0. The van der Waals surface area contributed by atoms with Gasteiger partial charge in [0.05, 0.1) is 13.2 Å². The molecule has 0 rings (SSSR count). The summed E-state index contributed by atoms with van der Waals surface area (Å²) in [6.45, 7) is 29.1. The quantitative estimate of drug-likeness (QED) is 0.0456. The highest BCUT2D eigenvalue weighted by atomic mass is 28.4. The smallest absolute Gasteiger partial charge is 0.321 e. The Kier molecular flexibility index (Phi) is 37.1. The largest absolute Gasteiger partial charge is 0.461 e. The number of aliphatic hydroxyl groups is 2. The summed E-state index contributed by atoms with van der Waals surface area (Å²) in [5.74, 6) is 0. The Morgan fingerprint density at radius 3 is 1.29 bits per heavy atom. The van der Waals surface area contributed by atoms with Crippen molar-refractivity contribution in [3.8, 4) is 0 Å². The second kappa shape index (κ2) is 36.4. The van der Waals surface area contributed by atoms with Crippen molar-refractivity contribution >= 4 is 61.4 Å². The van der Waals surface area contributed by atoms with Crippen LogP contribution in [0.4, 0.5) is 0 Å². The monoisotopic (exact) mass is 959 g/mol. The van der Waals surface area contributed by atoms with Crippen LogP contribution in [0.25, 0.3) is 0 Å². The van der Waals surface area contributed by atoms with Gasteiger partial charge < -0.3 is 40.9 Å². The number of aliphatic hydroxyl groups excluding tert-OH is 2. The SMILES string of the molecule is CCCCCCCCCCCC[Si](C)(CCCCO[Si](C)(CCCCO[Si](C)(CCCCO[Si](C)(C)O[SiH2]C)CCCO[Si](C)(C)C)CCCOCC(O)CO)O[SiH2]C. The molecule has 4 atom stereocenters. The van der Waals surface area contributed by atoms with Crippen molar-refractivity contribution in [3.05, 3.63) is 0 Å². The molecule has 0 fully saturated rings. The van der Waals surface area contributed by atoms with Crippen LogP contribution in [0.1, 0.15) is 122 Å². The van der Waals surface area contributed by atoms with Gasteiger partial charge in [0.25, 0.3) is 0 Å². The van der Waals surface area contributed by atoms with E-state index in [1.165, 1.54) is 88.8 Å². The van der Waals surface area contributed by atoms with Gasteiger partial charge in [-0.2, -0.15) is 0 Å². The van der Waals surface area contributed by atoms with E-state index >= 15 is 0 Å². The van der Waals surface area contributed by atoms with Crippen molar-refractivity contribution in [2.75, 3.05) is 46.2 Å². The first-order chi connectivity index (χ1) is 28.0. The lowest BCUT2D eigenvalue weighted by atomic mass is 10.1. The van der Waals surface area contributed by atoms with Crippen LogP contribution in [-0.4, -0.2) is 124 Å². The first-order valence-electron chi connectivity index (χ1n) is 24.7. The number of hydrogen-bond acceptors (Lipinski definition) is 9. The van der Waals surface area contributed by atoms with Gasteiger partial charge in [-0.15, -0.1) is 0 Å². The molecule has 0 aliphatic rings. The van der Waals surface area contributed by atoms with E-state index in [1.54, 1.807) is 0 Å². The molecule has 0 bridgehead atoms. The van der Waals surface area contributed by atoms with E-state index in [2.05, 4.69) is 72.4 Å². The van der Waals surface area contributed by atoms with Crippen LogP contribution in [0.5, 0.6) is 0 Å². The Morgan fingerprint density at radius 2 is 0.831 bits per heavy atom. The van der Waals surface area contributed by atoms with Crippen molar-refractivity contribution in [1.82, 2.24) is 0 Å². The van der Waals surface area contributed by atoms with Gasteiger partial charge in [0.15, 0.2) is 33.3 Å². The summed E-state index contributed by atoms with van der Waals surface area (Å²) in [5.41, 5.74) is 0. The van der Waals surface area contributed by atoms with Crippen molar-refractivity contribution < 1.29 is 40.9 Å². The van der Waals surface area contributed by atoms with Crippen LogP contribution < -0.4 is 0 Å². The second-order valence-electron chi connectivity index (χ2n) is 19.5. The molecule has 2 N–H and O–H groups in total. The predicted octanol–water partition coefficient (Wildman–Crippen LogP) is 11.0. The topological polar surface area (TPSA) is 105 Å². The van der Waals surface area contributed by atoms with Gasteiger partial charge in [0.1, 0.15) is 25.6 Å². The third kappa shape index (κ3) is 37.1. The molecule has 0 aromatic heterocycles. The van der Waals surface area contributed by atoms with Gasteiger partial charge in [-0.05, 0) is 121 Å². The van der Waals surface area contributed by atoms with Crippen molar-refractivity contribution in [1.29, 1.82) is 0 Å². The molecule has 0 aromatic rings. The molecule has 0 aromatic carbocycles. The average molecular weight is 960 g/mol. The van der Waals surface area contributed by atoms with E-state index in [-0.39, 0.29) is 13.2 Å². The minimum Gasteiger partial charge on any atom is -0.461 e. The summed E-state index contributed by atoms with van der Waals surface area (Å²) in [6, 6.07) is 7.09. The van der Waals surface area contributed by atoms with Crippen LogP contribution in [0, 0.1) is 0 Å². The molecule has 0 saturated heterocycles. The molecule has 59 heavy (non-hydrogen) atoms. The van der Waals surface area contributed by atoms with Crippen LogP contribution in [-0.2, 0) is 30.7 Å². The van der Waals surface area contributed by atoms with E-state index in [4.69, 9.17) is 35.8 Å². The molecule has 0 saturated carbocycles. The zero-order chi connectivity index (χ0) is 44.4. The Hall–Kier alpha value is 1.16. The molecule has 9 nitrogen and oxygen atoms in total. The highest BCUT2D eigenvalue weighted by Crippen LogP contribution is 2.28. The minimum absolute atomic E-state index is 0.186. The Morgan fingerprint density at radius 1 is 0.441 bits per heavy atom. The molecule has 16 heteroatoms. The van der Waals surface area contributed by atoms with E-state index in [0.717, 1.165) is 89.5 Å². The van der Waals surface area contributed by atoms with Crippen molar-refractivity contribution in [2.45, 2.75) is 230 Å². The summed E-state index contributed by atoms with van der Waals surface area (Å²) in [6.07, 6.45) is 21.8. The summed E-state index contributed by atoms with van der Waals surface area (Å²) < 4.78 is 44.5. The number of hydrogen-bond donors (Lipinski definition) is 2. The molecule has 0 heterocycles. The van der Waals surface area contributed by atoms with Crippen LogP contribution in [0.15, 0.2) is 0 Å². The summed E-state index contributed by atoms with van der Waals surface area (Å²) >= 11 is 0. The molecule has 0 amide bonds. The number of unbranched alkanes of at least 4 members (excludes halogenated alkanes) is 12. The van der Waals surface area contributed by atoms with Crippen molar-refractivity contribution in [3.63, 3.8) is 0 Å². The maximum atomic E-state index is 9.72. The van der Waals surface area contributed by atoms with E-state index < -0.39 is 67.5 Å². The van der Waals surface area contributed by atoms with Crippen LogP contribution in [0.2, 0.25) is 102 Å². The molecule has 356 valence electrons. The first-order valence-corrected chi connectivity index (χ1v) is 43.3. The maximum Gasteiger partial charge on any atom is 0.321 e. The zero-order valence-electron chi connectivity index (χ0n) is 41.2. The fourth-order valence-electron chi connectivity index (χ4n) is 7.93.